The van der Waals surface area contributed by atoms with Gasteiger partial charge < -0.3 is 5.11 Å². The zero-order chi connectivity index (χ0) is 9.02. The summed E-state index contributed by atoms with van der Waals surface area (Å²) in [5, 5.41) is 8.40. The molecule has 0 bridgehead atoms. The van der Waals surface area contributed by atoms with Crippen LogP contribution >= 0.6 is 0 Å². The van der Waals surface area contributed by atoms with Crippen LogP contribution in [0.4, 0.5) is 0 Å². The van der Waals surface area contributed by atoms with E-state index in [1.165, 1.54) is 6.92 Å². The third-order valence-electron chi connectivity index (χ3n) is 1.46. The fourth-order valence-corrected chi connectivity index (χ4v) is 0.855. The molecule has 11 heavy (non-hydrogen) atoms. The second-order valence-corrected chi connectivity index (χ2v) is 2.69. The molecule has 0 fully saturated rings. The number of nitrogens with zero attached hydrogens (tertiary/aromatic N) is 1. The van der Waals surface area contributed by atoms with Crippen molar-refractivity contribution in [2.45, 2.75) is 19.4 Å². The number of hydrogen-bond acceptors (Lipinski definition) is 3. The molecule has 0 aliphatic carbocycles. The summed E-state index contributed by atoms with van der Waals surface area (Å²) in [5.74, 6) is -1.06. The highest BCUT2D eigenvalue weighted by Gasteiger charge is 2.19. The number of aliphatic carboxylic acids is 1. The number of Topliss-reactive ketones (excluding diaryl/α,β-unsaturated/α-hetero) is 1. The molecule has 0 saturated carbocycles. The summed E-state index contributed by atoms with van der Waals surface area (Å²) in [4.78, 5) is 22.7. The topological polar surface area (TPSA) is 57.6 Å². The van der Waals surface area contributed by atoms with Gasteiger partial charge in [-0.1, -0.05) is 0 Å². The number of carbonyl (C=O) groups is 2. The molecule has 4 nitrogen and oxygen atoms in total. The highest BCUT2D eigenvalue weighted by Crippen LogP contribution is 2.00. The predicted octanol–water partition coefficient (Wildman–Crippen LogP) is -0.0197. The van der Waals surface area contributed by atoms with E-state index < -0.39 is 12.0 Å². The Hall–Kier alpha value is -0.900. The Bertz CT molecular complexity index is 165. The van der Waals surface area contributed by atoms with Gasteiger partial charge in [0.15, 0.2) is 0 Å². The molecule has 1 N–H and O–H groups in total. The van der Waals surface area contributed by atoms with Gasteiger partial charge in [0.25, 0.3) is 0 Å². The van der Waals surface area contributed by atoms with Crippen molar-refractivity contribution in [3.63, 3.8) is 0 Å². The molecule has 0 heterocycles. The van der Waals surface area contributed by atoms with Crippen molar-refractivity contribution in [1.29, 1.82) is 0 Å². The van der Waals surface area contributed by atoms with E-state index in [0.29, 0.717) is 0 Å². The summed E-state index contributed by atoms with van der Waals surface area (Å²) in [6.45, 7) is 1.40. The minimum absolute atomic E-state index is 0.114. The number of carboxylic acids is 1. The van der Waals surface area contributed by atoms with Crippen molar-refractivity contribution in [2.75, 3.05) is 14.1 Å². The normalized spacial score (nSPS) is 13.1. The lowest BCUT2D eigenvalue weighted by Gasteiger charge is -2.18. The van der Waals surface area contributed by atoms with Crippen molar-refractivity contribution < 1.29 is 14.7 Å². The zero-order valence-corrected chi connectivity index (χ0v) is 7.00. The Morgan fingerprint density at radius 2 is 1.91 bits per heavy atom. The van der Waals surface area contributed by atoms with Crippen LogP contribution in [-0.2, 0) is 9.59 Å². The van der Waals surface area contributed by atoms with Gasteiger partial charge in [-0.3, -0.25) is 14.5 Å². The summed E-state index contributed by atoms with van der Waals surface area (Å²) >= 11 is 0. The molecule has 4 heteroatoms. The van der Waals surface area contributed by atoms with Gasteiger partial charge in [-0.05, 0) is 21.0 Å². The van der Waals surface area contributed by atoms with Crippen molar-refractivity contribution in [1.82, 2.24) is 4.90 Å². The molecule has 0 aromatic heterocycles. The van der Waals surface area contributed by atoms with Gasteiger partial charge in [0.1, 0.15) is 5.78 Å². The fourth-order valence-electron chi connectivity index (χ4n) is 0.855. The summed E-state index contributed by atoms with van der Waals surface area (Å²) in [5.41, 5.74) is 0. The van der Waals surface area contributed by atoms with Gasteiger partial charge in [-0.25, -0.2) is 0 Å². The average molecular weight is 159 g/mol. The van der Waals surface area contributed by atoms with E-state index in [4.69, 9.17) is 5.11 Å². The maximum Gasteiger partial charge on any atom is 0.305 e. The van der Waals surface area contributed by atoms with Gasteiger partial charge in [-0.15, -0.1) is 0 Å². The third-order valence-corrected chi connectivity index (χ3v) is 1.46. The monoisotopic (exact) mass is 159 g/mol. The minimum Gasteiger partial charge on any atom is -0.481 e. The van der Waals surface area contributed by atoms with Crippen molar-refractivity contribution >= 4 is 11.8 Å². The standard InChI is InChI=1S/C7H13NO3/c1-5(9)6(8(2)3)4-7(10)11/h6H,4H2,1-3H3,(H,10,11)/t6-/m0/s1. The molecule has 1 atom stereocenters. The smallest absolute Gasteiger partial charge is 0.305 e. The molecule has 0 aromatic rings. The van der Waals surface area contributed by atoms with E-state index in [2.05, 4.69) is 0 Å². The average Bonchev–Trinajstić information content (AvgIpc) is 1.81. The van der Waals surface area contributed by atoms with Gasteiger partial charge in [0, 0.05) is 0 Å². The van der Waals surface area contributed by atoms with Crippen molar-refractivity contribution in [3.05, 3.63) is 0 Å². The van der Waals surface area contributed by atoms with Crippen LogP contribution in [0.5, 0.6) is 0 Å². The summed E-state index contributed by atoms with van der Waals surface area (Å²) in [6, 6.07) is -0.493. The number of carboxylic acid groups (broad SMARTS) is 1. The Labute approximate surface area is 65.8 Å². The number of hydrogen-bond donors (Lipinski definition) is 1. The first-order valence-corrected chi connectivity index (χ1v) is 3.33. The fraction of sp³-hybridized carbons (Fsp3) is 0.714. The van der Waals surface area contributed by atoms with E-state index in [1.807, 2.05) is 0 Å². The van der Waals surface area contributed by atoms with Crippen molar-refractivity contribution in [3.8, 4) is 0 Å². The molecule has 0 aliphatic heterocycles. The van der Waals surface area contributed by atoms with Crippen LogP contribution in [0.2, 0.25) is 0 Å². The molecule has 0 amide bonds. The number of rotatable bonds is 4. The molecule has 0 aromatic carbocycles. The number of carbonyl (C=O) groups excluding carboxylic acids is 1. The van der Waals surface area contributed by atoms with Gasteiger partial charge in [0.2, 0.25) is 0 Å². The predicted molar refractivity (Wildman–Crippen MR) is 40.4 cm³/mol. The molecule has 0 aliphatic rings. The highest BCUT2D eigenvalue weighted by atomic mass is 16.4. The van der Waals surface area contributed by atoms with Gasteiger partial charge in [0.05, 0.1) is 12.5 Å². The molecular weight excluding hydrogens is 146 g/mol. The highest BCUT2D eigenvalue weighted by molar-refractivity contribution is 5.85. The Morgan fingerprint density at radius 3 is 2.00 bits per heavy atom. The van der Waals surface area contributed by atoms with Gasteiger partial charge in [-0.2, -0.15) is 0 Å². The van der Waals surface area contributed by atoms with E-state index in [0.717, 1.165) is 0 Å². The van der Waals surface area contributed by atoms with E-state index in [-0.39, 0.29) is 12.2 Å². The Kier molecular flexibility index (Phi) is 3.74. The second kappa shape index (κ2) is 4.08. The van der Waals surface area contributed by atoms with Crippen LogP contribution in [0.25, 0.3) is 0 Å². The van der Waals surface area contributed by atoms with Crippen molar-refractivity contribution in [2.24, 2.45) is 0 Å². The molecule has 0 rings (SSSR count). The van der Waals surface area contributed by atoms with E-state index in [9.17, 15) is 9.59 Å². The Morgan fingerprint density at radius 1 is 1.45 bits per heavy atom. The van der Waals surface area contributed by atoms with Crippen LogP contribution in [0.3, 0.4) is 0 Å². The minimum atomic E-state index is -0.945. The van der Waals surface area contributed by atoms with E-state index in [1.54, 1.807) is 19.0 Å². The van der Waals surface area contributed by atoms with Crippen LogP contribution in [0.1, 0.15) is 13.3 Å². The van der Waals surface area contributed by atoms with E-state index >= 15 is 0 Å². The first-order chi connectivity index (χ1) is 4.95. The van der Waals surface area contributed by atoms with Crippen LogP contribution in [0, 0.1) is 0 Å². The SMILES string of the molecule is CC(=O)[C@H](CC(=O)O)N(C)C. The van der Waals surface area contributed by atoms with Crippen LogP contribution in [0.15, 0.2) is 0 Å². The maximum atomic E-state index is 10.8. The first kappa shape index (κ1) is 10.1. The molecular formula is C7H13NO3. The van der Waals surface area contributed by atoms with Crippen LogP contribution in [-0.4, -0.2) is 41.9 Å². The lowest BCUT2D eigenvalue weighted by molar-refractivity contribution is -0.140. The number of ketones is 1. The lowest BCUT2D eigenvalue weighted by atomic mass is 10.1. The summed E-state index contributed by atoms with van der Waals surface area (Å²) in [7, 11) is 3.38. The third kappa shape index (κ3) is 3.72. The zero-order valence-electron chi connectivity index (χ0n) is 7.00. The molecule has 0 unspecified atom stereocenters. The maximum absolute atomic E-state index is 10.8. The second-order valence-electron chi connectivity index (χ2n) is 2.69. The molecule has 0 radical (unpaired) electrons. The molecule has 64 valence electrons. The molecule has 0 saturated heterocycles. The molecule has 0 spiro atoms. The lowest BCUT2D eigenvalue weighted by Crippen LogP contribution is -2.36. The number of likely N-dealkylation sites (N-methyl/N-ethyl adjacent to an activating group) is 1. The summed E-state index contributed by atoms with van der Waals surface area (Å²) < 4.78 is 0. The van der Waals surface area contributed by atoms with Crippen LogP contribution < -0.4 is 0 Å². The van der Waals surface area contributed by atoms with Gasteiger partial charge >= 0.3 is 5.97 Å². The summed E-state index contributed by atoms with van der Waals surface area (Å²) in [6.07, 6.45) is -0.123. The first-order valence-electron chi connectivity index (χ1n) is 3.33. The largest absolute Gasteiger partial charge is 0.481 e. The quantitative estimate of drug-likeness (QED) is 0.626. The Balaban J connectivity index is 4.12.